The molecule has 1 aromatic carbocycles. The van der Waals surface area contributed by atoms with Crippen LogP contribution in [0.2, 0.25) is 0 Å². The highest BCUT2D eigenvalue weighted by molar-refractivity contribution is 5.92. The van der Waals surface area contributed by atoms with Crippen molar-refractivity contribution >= 4 is 11.7 Å². The molecule has 1 N–H and O–H groups in total. The number of fused-ring (bicyclic) bond motifs is 1. The Morgan fingerprint density at radius 3 is 2.69 bits per heavy atom. The average Bonchev–Trinajstić information content (AvgIpc) is 3.18. The number of carbonyl (C=O) groups excluding carboxylic acids is 1. The van der Waals surface area contributed by atoms with E-state index in [0.29, 0.717) is 12.2 Å². The predicted molar refractivity (Wildman–Crippen MR) is 98.5 cm³/mol. The molecule has 26 heavy (non-hydrogen) atoms. The van der Waals surface area contributed by atoms with E-state index in [1.54, 1.807) is 0 Å². The number of amides is 1. The third-order valence-electron chi connectivity index (χ3n) is 4.76. The van der Waals surface area contributed by atoms with Crippen LogP contribution in [0.4, 0.5) is 5.82 Å². The first kappa shape index (κ1) is 16.6. The number of carbonyl (C=O) groups is 1. The summed E-state index contributed by atoms with van der Waals surface area (Å²) in [5.74, 6) is 1.43. The molecule has 0 unspecified atom stereocenters. The van der Waals surface area contributed by atoms with E-state index in [0.717, 1.165) is 59.6 Å². The van der Waals surface area contributed by atoms with Crippen molar-refractivity contribution in [2.24, 2.45) is 0 Å². The van der Waals surface area contributed by atoms with E-state index < -0.39 is 0 Å². The van der Waals surface area contributed by atoms with E-state index in [1.165, 1.54) is 0 Å². The van der Waals surface area contributed by atoms with E-state index in [-0.39, 0.29) is 5.91 Å². The number of benzene rings is 1. The summed E-state index contributed by atoms with van der Waals surface area (Å²) >= 11 is 0. The van der Waals surface area contributed by atoms with Crippen LogP contribution in [-0.4, -0.2) is 20.8 Å². The summed E-state index contributed by atoms with van der Waals surface area (Å²) in [5.41, 5.74) is 5.07. The van der Waals surface area contributed by atoms with Gasteiger partial charge >= 0.3 is 0 Å². The molecule has 1 aliphatic rings. The van der Waals surface area contributed by atoms with Crippen molar-refractivity contribution in [3.8, 4) is 5.69 Å². The molecule has 2 aromatic heterocycles. The van der Waals surface area contributed by atoms with Crippen molar-refractivity contribution < 1.29 is 9.32 Å². The van der Waals surface area contributed by atoms with Crippen LogP contribution in [0.25, 0.3) is 5.69 Å². The first-order valence-electron chi connectivity index (χ1n) is 9.00. The Hall–Kier alpha value is -2.89. The molecule has 6 heteroatoms. The van der Waals surface area contributed by atoms with Gasteiger partial charge in [-0.15, -0.1) is 0 Å². The Morgan fingerprint density at radius 1 is 1.19 bits per heavy atom. The van der Waals surface area contributed by atoms with Gasteiger partial charge in [0.25, 0.3) is 0 Å². The van der Waals surface area contributed by atoms with Gasteiger partial charge in [0.1, 0.15) is 5.76 Å². The Bertz CT molecular complexity index is 937. The number of nitrogens with zero attached hydrogens (tertiary/aromatic N) is 3. The molecule has 0 spiro atoms. The molecule has 0 atom stereocenters. The van der Waals surface area contributed by atoms with Crippen LogP contribution in [0, 0.1) is 13.8 Å². The van der Waals surface area contributed by atoms with Crippen LogP contribution in [0.1, 0.15) is 41.1 Å². The van der Waals surface area contributed by atoms with Crippen LogP contribution in [0.15, 0.2) is 34.9 Å². The summed E-state index contributed by atoms with van der Waals surface area (Å²) in [6, 6.07) is 9.94. The van der Waals surface area contributed by atoms with Gasteiger partial charge in [-0.25, -0.2) is 4.68 Å². The smallest absolute Gasteiger partial charge is 0.230 e. The normalized spacial score (nSPS) is 13.5. The van der Waals surface area contributed by atoms with Gasteiger partial charge in [-0.1, -0.05) is 17.3 Å². The fourth-order valence-electron chi connectivity index (χ4n) is 3.49. The Labute approximate surface area is 152 Å². The monoisotopic (exact) mass is 350 g/mol. The zero-order valence-electron chi connectivity index (χ0n) is 15.1. The molecule has 0 radical (unpaired) electrons. The molecule has 4 rings (SSSR count). The molecule has 0 bridgehead atoms. The van der Waals surface area contributed by atoms with Crippen molar-refractivity contribution in [2.75, 3.05) is 5.32 Å². The van der Waals surface area contributed by atoms with Crippen LogP contribution in [0.3, 0.4) is 0 Å². The van der Waals surface area contributed by atoms with Crippen molar-refractivity contribution in [1.29, 1.82) is 0 Å². The van der Waals surface area contributed by atoms with Crippen LogP contribution in [0.5, 0.6) is 0 Å². The van der Waals surface area contributed by atoms with Gasteiger partial charge in [0.2, 0.25) is 5.91 Å². The SMILES string of the molecule is Cc1cc(C)n(-c2ccc(CC(=O)Nc3noc4c3CCCC4)cc2)n1. The molecule has 1 amide bonds. The third-order valence-corrected chi connectivity index (χ3v) is 4.76. The highest BCUT2D eigenvalue weighted by Crippen LogP contribution is 2.27. The predicted octanol–water partition coefficient (Wildman–Crippen LogP) is 3.54. The molecule has 3 aromatic rings. The number of anilines is 1. The average molecular weight is 350 g/mol. The lowest BCUT2D eigenvalue weighted by Crippen LogP contribution is -2.16. The minimum absolute atomic E-state index is 0.0782. The summed E-state index contributed by atoms with van der Waals surface area (Å²) in [4.78, 5) is 12.4. The number of hydrogen-bond donors (Lipinski definition) is 1. The summed E-state index contributed by atoms with van der Waals surface area (Å²) in [7, 11) is 0. The molecular formula is C20H22N4O2. The van der Waals surface area contributed by atoms with E-state index in [1.807, 2.05) is 48.9 Å². The quantitative estimate of drug-likeness (QED) is 0.781. The topological polar surface area (TPSA) is 73.0 Å². The fourth-order valence-corrected chi connectivity index (χ4v) is 3.49. The zero-order valence-corrected chi connectivity index (χ0v) is 15.1. The number of aryl methyl sites for hydroxylation is 3. The summed E-state index contributed by atoms with van der Waals surface area (Å²) in [6.45, 7) is 4.00. The third kappa shape index (κ3) is 3.27. The molecule has 1 aliphatic carbocycles. The summed E-state index contributed by atoms with van der Waals surface area (Å²) in [6.07, 6.45) is 4.37. The second kappa shape index (κ2) is 6.78. The Morgan fingerprint density at radius 2 is 1.96 bits per heavy atom. The minimum Gasteiger partial charge on any atom is -0.359 e. The molecular weight excluding hydrogens is 328 g/mol. The standard InChI is InChI=1S/C20H22N4O2/c1-13-11-14(2)24(22-13)16-9-7-15(8-10-16)12-19(25)21-20-17-5-3-4-6-18(17)26-23-20/h7-11H,3-6,12H2,1-2H3,(H,21,23,25). The number of rotatable bonds is 4. The fraction of sp³-hybridized carbons (Fsp3) is 0.350. The first-order valence-corrected chi connectivity index (χ1v) is 9.00. The van der Waals surface area contributed by atoms with Crippen molar-refractivity contribution in [2.45, 2.75) is 46.0 Å². The van der Waals surface area contributed by atoms with Gasteiger partial charge in [-0.2, -0.15) is 5.10 Å². The Balaban J connectivity index is 1.43. The van der Waals surface area contributed by atoms with E-state index in [4.69, 9.17) is 4.52 Å². The van der Waals surface area contributed by atoms with Gasteiger partial charge in [-0.3, -0.25) is 4.79 Å². The number of aromatic nitrogens is 3. The second-order valence-corrected chi connectivity index (χ2v) is 6.87. The van der Waals surface area contributed by atoms with E-state index >= 15 is 0 Å². The van der Waals surface area contributed by atoms with E-state index in [2.05, 4.69) is 15.6 Å². The van der Waals surface area contributed by atoms with Gasteiger partial charge in [-0.05, 0) is 56.9 Å². The molecule has 0 saturated heterocycles. The maximum atomic E-state index is 12.4. The maximum Gasteiger partial charge on any atom is 0.230 e. The lowest BCUT2D eigenvalue weighted by molar-refractivity contribution is -0.115. The second-order valence-electron chi connectivity index (χ2n) is 6.87. The van der Waals surface area contributed by atoms with Crippen LogP contribution in [-0.2, 0) is 24.1 Å². The van der Waals surface area contributed by atoms with Crippen molar-refractivity contribution in [3.05, 3.63) is 58.6 Å². The van der Waals surface area contributed by atoms with E-state index in [9.17, 15) is 4.79 Å². The molecule has 0 saturated carbocycles. The minimum atomic E-state index is -0.0782. The van der Waals surface area contributed by atoms with Crippen LogP contribution >= 0.6 is 0 Å². The Kier molecular flexibility index (Phi) is 4.32. The molecule has 0 aliphatic heterocycles. The lowest BCUT2D eigenvalue weighted by atomic mass is 9.98. The number of hydrogen-bond acceptors (Lipinski definition) is 4. The summed E-state index contributed by atoms with van der Waals surface area (Å²) in [5, 5.41) is 11.4. The van der Waals surface area contributed by atoms with Crippen molar-refractivity contribution in [1.82, 2.24) is 14.9 Å². The van der Waals surface area contributed by atoms with Crippen LogP contribution < -0.4 is 5.32 Å². The van der Waals surface area contributed by atoms with Gasteiger partial charge < -0.3 is 9.84 Å². The lowest BCUT2D eigenvalue weighted by Gasteiger charge is -2.10. The number of nitrogens with one attached hydrogen (secondary N) is 1. The largest absolute Gasteiger partial charge is 0.359 e. The summed E-state index contributed by atoms with van der Waals surface area (Å²) < 4.78 is 7.25. The maximum absolute atomic E-state index is 12.4. The molecule has 134 valence electrons. The van der Waals surface area contributed by atoms with Gasteiger partial charge in [0, 0.05) is 17.7 Å². The highest BCUT2D eigenvalue weighted by Gasteiger charge is 2.20. The van der Waals surface area contributed by atoms with Crippen molar-refractivity contribution in [3.63, 3.8) is 0 Å². The van der Waals surface area contributed by atoms with Gasteiger partial charge in [0.15, 0.2) is 5.82 Å². The first-order chi connectivity index (χ1) is 12.6. The zero-order chi connectivity index (χ0) is 18.1. The molecule has 2 heterocycles. The molecule has 6 nitrogen and oxygen atoms in total. The van der Waals surface area contributed by atoms with Gasteiger partial charge in [0.05, 0.1) is 17.8 Å². The molecule has 0 fully saturated rings. The highest BCUT2D eigenvalue weighted by atomic mass is 16.5.